The quantitative estimate of drug-likeness (QED) is 0.509. The summed E-state index contributed by atoms with van der Waals surface area (Å²) in [5.74, 6) is 0.0804. The van der Waals surface area contributed by atoms with Crippen LogP contribution in [0.5, 0.6) is 0 Å². The lowest BCUT2D eigenvalue weighted by Crippen LogP contribution is -2.40. The molecular weight excluding hydrogens is 352 g/mol. The fourth-order valence-electron chi connectivity index (χ4n) is 3.59. The molecule has 0 spiro atoms. The third kappa shape index (κ3) is 5.19. The Hall–Kier alpha value is -3.15. The fraction of sp³-hybridized carbons (Fsp3) is 0.318. The minimum atomic E-state index is -0.238. The van der Waals surface area contributed by atoms with E-state index >= 15 is 0 Å². The molecule has 1 aliphatic rings. The Balaban J connectivity index is 1.67. The van der Waals surface area contributed by atoms with Gasteiger partial charge in [-0.2, -0.15) is 0 Å². The van der Waals surface area contributed by atoms with Crippen molar-refractivity contribution in [1.82, 2.24) is 4.90 Å². The standard InChI is InChI=1S/C22H26N4O2/c23-21(24)17-10-12-19(13-11-17)25-20(27)15-26(14-16-6-4-5-7-16)22(28)18-8-2-1-3-9-18/h1-3,8-13,16H,4-7,14-15H2,(H3,23,24)(H,25,27). The number of carbonyl (C=O) groups excluding carboxylic acids is 2. The summed E-state index contributed by atoms with van der Waals surface area (Å²) in [4.78, 5) is 27.2. The zero-order valence-electron chi connectivity index (χ0n) is 15.9. The Bertz CT molecular complexity index is 827. The van der Waals surface area contributed by atoms with Crippen LogP contribution < -0.4 is 11.1 Å². The monoisotopic (exact) mass is 378 g/mol. The molecule has 1 saturated carbocycles. The van der Waals surface area contributed by atoms with E-state index in [1.54, 1.807) is 41.3 Å². The van der Waals surface area contributed by atoms with E-state index in [4.69, 9.17) is 11.1 Å². The smallest absolute Gasteiger partial charge is 0.254 e. The lowest BCUT2D eigenvalue weighted by molar-refractivity contribution is -0.117. The van der Waals surface area contributed by atoms with Crippen molar-refractivity contribution >= 4 is 23.3 Å². The Morgan fingerprint density at radius 2 is 1.64 bits per heavy atom. The first-order chi connectivity index (χ1) is 13.5. The van der Waals surface area contributed by atoms with Gasteiger partial charge in [0.2, 0.25) is 5.91 Å². The summed E-state index contributed by atoms with van der Waals surface area (Å²) in [5, 5.41) is 10.2. The number of rotatable bonds is 7. The third-order valence-electron chi connectivity index (χ3n) is 5.08. The van der Waals surface area contributed by atoms with Gasteiger partial charge >= 0.3 is 0 Å². The number of hydrogen-bond donors (Lipinski definition) is 3. The number of nitrogens with zero attached hydrogens (tertiary/aromatic N) is 1. The maximum atomic E-state index is 12.9. The molecule has 3 rings (SSSR count). The van der Waals surface area contributed by atoms with Gasteiger partial charge in [-0.15, -0.1) is 0 Å². The topological polar surface area (TPSA) is 99.3 Å². The predicted molar refractivity (Wildman–Crippen MR) is 110 cm³/mol. The van der Waals surface area contributed by atoms with Gasteiger partial charge in [0.1, 0.15) is 12.4 Å². The highest BCUT2D eigenvalue weighted by atomic mass is 16.2. The first-order valence-electron chi connectivity index (χ1n) is 9.61. The minimum Gasteiger partial charge on any atom is -0.384 e. The zero-order valence-corrected chi connectivity index (χ0v) is 15.9. The number of nitrogens with two attached hydrogens (primary N) is 1. The lowest BCUT2D eigenvalue weighted by atomic mass is 10.1. The molecule has 0 aromatic heterocycles. The normalized spacial score (nSPS) is 13.9. The average Bonchev–Trinajstić information content (AvgIpc) is 3.21. The van der Waals surface area contributed by atoms with Crippen LogP contribution in [-0.2, 0) is 4.79 Å². The third-order valence-corrected chi connectivity index (χ3v) is 5.08. The van der Waals surface area contributed by atoms with Crippen LogP contribution in [0.2, 0.25) is 0 Å². The van der Waals surface area contributed by atoms with Gasteiger partial charge in [0.15, 0.2) is 0 Å². The van der Waals surface area contributed by atoms with E-state index in [0.717, 1.165) is 12.8 Å². The molecule has 0 radical (unpaired) electrons. The molecule has 0 bridgehead atoms. The molecule has 2 aromatic carbocycles. The summed E-state index contributed by atoms with van der Waals surface area (Å²) in [7, 11) is 0. The van der Waals surface area contributed by atoms with Crippen molar-refractivity contribution in [3.8, 4) is 0 Å². The second-order valence-corrected chi connectivity index (χ2v) is 7.24. The highest BCUT2D eigenvalue weighted by Crippen LogP contribution is 2.26. The number of hydrogen-bond acceptors (Lipinski definition) is 3. The van der Waals surface area contributed by atoms with Crippen molar-refractivity contribution in [2.24, 2.45) is 11.7 Å². The molecule has 0 atom stereocenters. The molecule has 0 saturated heterocycles. The number of amidine groups is 1. The van der Waals surface area contributed by atoms with Crippen LogP contribution in [0.1, 0.15) is 41.6 Å². The summed E-state index contributed by atoms with van der Waals surface area (Å²) in [6.07, 6.45) is 4.58. The Morgan fingerprint density at radius 1 is 1.00 bits per heavy atom. The average molecular weight is 378 g/mol. The second-order valence-electron chi connectivity index (χ2n) is 7.24. The number of amides is 2. The first-order valence-corrected chi connectivity index (χ1v) is 9.61. The largest absolute Gasteiger partial charge is 0.384 e. The van der Waals surface area contributed by atoms with Gasteiger partial charge in [0.05, 0.1) is 0 Å². The Morgan fingerprint density at radius 3 is 2.25 bits per heavy atom. The molecule has 2 amide bonds. The number of benzene rings is 2. The van der Waals surface area contributed by atoms with Gasteiger partial charge in [-0.05, 0) is 55.2 Å². The predicted octanol–water partition coefficient (Wildman–Crippen LogP) is 3.24. The highest BCUT2D eigenvalue weighted by molar-refractivity contribution is 6.00. The molecule has 1 aliphatic carbocycles. The summed E-state index contributed by atoms with van der Waals surface area (Å²) in [6, 6.07) is 15.9. The summed E-state index contributed by atoms with van der Waals surface area (Å²) in [6.45, 7) is 0.614. The van der Waals surface area contributed by atoms with Crippen LogP contribution in [0.15, 0.2) is 54.6 Å². The highest BCUT2D eigenvalue weighted by Gasteiger charge is 2.24. The lowest BCUT2D eigenvalue weighted by Gasteiger charge is -2.25. The van der Waals surface area contributed by atoms with E-state index in [1.807, 2.05) is 18.2 Å². The van der Waals surface area contributed by atoms with Gasteiger partial charge in [-0.25, -0.2) is 0 Å². The van der Waals surface area contributed by atoms with Crippen LogP contribution in [-0.4, -0.2) is 35.6 Å². The molecule has 0 heterocycles. The molecule has 0 unspecified atom stereocenters. The van der Waals surface area contributed by atoms with Crippen molar-refractivity contribution in [2.45, 2.75) is 25.7 Å². The van der Waals surface area contributed by atoms with Crippen LogP contribution in [0.3, 0.4) is 0 Å². The molecule has 146 valence electrons. The molecule has 2 aromatic rings. The van der Waals surface area contributed by atoms with Crippen LogP contribution in [0.25, 0.3) is 0 Å². The van der Waals surface area contributed by atoms with Crippen molar-refractivity contribution in [1.29, 1.82) is 5.41 Å². The summed E-state index contributed by atoms with van der Waals surface area (Å²) in [5.41, 5.74) is 7.26. The maximum absolute atomic E-state index is 12.9. The van der Waals surface area contributed by atoms with Crippen molar-refractivity contribution in [2.75, 3.05) is 18.4 Å². The van der Waals surface area contributed by atoms with Crippen LogP contribution in [0.4, 0.5) is 5.69 Å². The number of nitrogens with one attached hydrogen (secondary N) is 2. The van der Waals surface area contributed by atoms with Gasteiger partial charge < -0.3 is 16.0 Å². The Labute approximate surface area is 165 Å². The number of nitrogen functional groups attached to an aromatic ring is 1. The van der Waals surface area contributed by atoms with Crippen molar-refractivity contribution in [3.05, 3.63) is 65.7 Å². The SMILES string of the molecule is N=C(N)c1ccc(NC(=O)CN(CC2CCCC2)C(=O)c2ccccc2)cc1. The van der Waals surface area contributed by atoms with Crippen LogP contribution in [0, 0.1) is 11.3 Å². The second kappa shape index (κ2) is 9.17. The van der Waals surface area contributed by atoms with E-state index in [1.165, 1.54) is 12.8 Å². The van der Waals surface area contributed by atoms with E-state index in [2.05, 4.69) is 5.32 Å². The van der Waals surface area contributed by atoms with Gasteiger partial charge in [-0.3, -0.25) is 15.0 Å². The molecule has 28 heavy (non-hydrogen) atoms. The van der Waals surface area contributed by atoms with E-state index < -0.39 is 0 Å². The van der Waals surface area contributed by atoms with E-state index in [0.29, 0.717) is 29.3 Å². The fourth-order valence-corrected chi connectivity index (χ4v) is 3.59. The summed E-state index contributed by atoms with van der Waals surface area (Å²) < 4.78 is 0. The van der Waals surface area contributed by atoms with Gasteiger partial charge in [-0.1, -0.05) is 31.0 Å². The minimum absolute atomic E-state index is 0.0126. The molecule has 4 N–H and O–H groups in total. The Kier molecular flexibility index (Phi) is 6.42. The van der Waals surface area contributed by atoms with Crippen molar-refractivity contribution in [3.63, 3.8) is 0 Å². The van der Waals surface area contributed by atoms with Gasteiger partial charge in [0, 0.05) is 23.4 Å². The zero-order chi connectivity index (χ0) is 19.9. The van der Waals surface area contributed by atoms with E-state index in [9.17, 15) is 9.59 Å². The van der Waals surface area contributed by atoms with Crippen molar-refractivity contribution < 1.29 is 9.59 Å². The maximum Gasteiger partial charge on any atom is 0.254 e. The van der Waals surface area contributed by atoms with Crippen LogP contribution >= 0.6 is 0 Å². The number of carbonyl (C=O) groups is 2. The number of anilines is 1. The first kappa shape index (κ1) is 19.6. The van der Waals surface area contributed by atoms with Gasteiger partial charge in [0.25, 0.3) is 5.91 Å². The molecule has 6 heteroatoms. The molecule has 6 nitrogen and oxygen atoms in total. The molecule has 1 fully saturated rings. The molecular formula is C22H26N4O2. The summed E-state index contributed by atoms with van der Waals surface area (Å²) >= 11 is 0. The van der Waals surface area contributed by atoms with E-state index in [-0.39, 0.29) is 24.2 Å². The molecule has 0 aliphatic heterocycles.